The predicted octanol–water partition coefficient (Wildman–Crippen LogP) is 3.77. The highest BCUT2D eigenvalue weighted by atomic mass is 32.2. The van der Waals surface area contributed by atoms with Gasteiger partial charge in [-0.15, -0.1) is 5.10 Å². The quantitative estimate of drug-likeness (QED) is 0.403. The van der Waals surface area contributed by atoms with Gasteiger partial charge < -0.3 is 4.74 Å². The Morgan fingerprint density at radius 2 is 1.82 bits per heavy atom. The maximum atomic E-state index is 15.5. The molecule has 5 rings (SSSR count). The largest absolute Gasteiger partial charge is 0.495 e. The third-order valence-corrected chi connectivity index (χ3v) is 7.88. The minimum atomic E-state index is -3.92. The number of ether oxygens (including phenoxy) is 1. The number of fused-ring (bicyclic) bond motifs is 1. The lowest BCUT2D eigenvalue weighted by molar-refractivity contribution is 0.385. The minimum absolute atomic E-state index is 0.0245. The highest BCUT2D eigenvalue weighted by Gasteiger charge is 2.30. The monoisotopic (exact) mass is 535 g/mol. The van der Waals surface area contributed by atoms with Crippen LogP contribution >= 0.6 is 0 Å². The number of nitrogens with one attached hydrogen (secondary N) is 1. The lowest BCUT2D eigenvalue weighted by Gasteiger charge is -2.30. The molecule has 0 amide bonds. The molecule has 0 unspecified atom stereocenters. The number of pyridine rings is 1. The average Bonchev–Trinajstić information content (AvgIpc) is 2.88. The van der Waals surface area contributed by atoms with Crippen molar-refractivity contribution in [2.75, 3.05) is 18.4 Å². The Bertz CT molecular complexity index is 1670. The maximum Gasteiger partial charge on any atom is 0.303 e. The molecule has 0 bridgehead atoms. The molecule has 2 aromatic heterocycles. The van der Waals surface area contributed by atoms with Crippen LogP contribution in [-0.2, 0) is 23.2 Å². The molecule has 2 aromatic carbocycles. The molecule has 1 N–H and O–H groups in total. The van der Waals surface area contributed by atoms with Crippen LogP contribution in [0.25, 0.3) is 16.8 Å². The molecule has 4 aromatic rings. The Kier molecular flexibility index (Phi) is 6.72. The van der Waals surface area contributed by atoms with Crippen molar-refractivity contribution in [3.8, 4) is 22.6 Å². The standard InChI is InChI=1S/C27H26FN5O4S/c1-17-11-18(2)13-20(12-17)21-14-25(37-3)24(15-22(21)28)33-23-8-10-32(16-19(23)6-7-27(33)34)38(35,36)31-26-5-4-9-29-30-26/h4-7,9,11-15H,8,10,16H2,1-3H3,(H,30,31). The third kappa shape index (κ3) is 4.90. The first-order chi connectivity index (χ1) is 18.2. The summed E-state index contributed by atoms with van der Waals surface area (Å²) in [7, 11) is -2.45. The van der Waals surface area contributed by atoms with Gasteiger partial charge in [0, 0.05) is 49.1 Å². The van der Waals surface area contributed by atoms with Gasteiger partial charge in [-0.05, 0) is 43.2 Å². The van der Waals surface area contributed by atoms with Gasteiger partial charge in [-0.1, -0.05) is 35.4 Å². The molecule has 11 heteroatoms. The molecule has 38 heavy (non-hydrogen) atoms. The van der Waals surface area contributed by atoms with Gasteiger partial charge >= 0.3 is 10.2 Å². The second-order valence-electron chi connectivity index (χ2n) is 9.16. The van der Waals surface area contributed by atoms with Crippen LogP contribution in [0, 0.1) is 19.7 Å². The van der Waals surface area contributed by atoms with Crippen LogP contribution in [0.1, 0.15) is 22.4 Å². The average molecular weight is 536 g/mol. The number of rotatable bonds is 6. The topological polar surface area (TPSA) is 106 Å². The van der Waals surface area contributed by atoms with E-state index in [1.165, 1.54) is 40.4 Å². The number of anilines is 1. The molecule has 9 nitrogen and oxygen atoms in total. The smallest absolute Gasteiger partial charge is 0.303 e. The van der Waals surface area contributed by atoms with Crippen LogP contribution in [0.2, 0.25) is 0 Å². The Labute approximate surface area is 219 Å². The zero-order valence-corrected chi connectivity index (χ0v) is 21.9. The van der Waals surface area contributed by atoms with Crippen molar-refractivity contribution >= 4 is 16.0 Å². The number of methoxy groups -OCH3 is 1. The number of aryl methyl sites for hydroxylation is 2. The number of hydrogen-bond donors (Lipinski definition) is 1. The minimum Gasteiger partial charge on any atom is -0.495 e. The number of hydrogen-bond acceptors (Lipinski definition) is 6. The van der Waals surface area contributed by atoms with Gasteiger partial charge in [0.2, 0.25) is 0 Å². The van der Waals surface area contributed by atoms with Gasteiger partial charge in [-0.25, -0.2) is 4.39 Å². The third-order valence-electron chi connectivity index (χ3n) is 6.42. The zero-order valence-electron chi connectivity index (χ0n) is 21.1. The summed E-state index contributed by atoms with van der Waals surface area (Å²) >= 11 is 0. The summed E-state index contributed by atoms with van der Waals surface area (Å²) in [6, 6.07) is 14.7. The molecule has 0 spiro atoms. The molecular formula is C27H26FN5O4S. The van der Waals surface area contributed by atoms with Crippen molar-refractivity contribution in [3.63, 3.8) is 0 Å². The van der Waals surface area contributed by atoms with E-state index in [1.807, 2.05) is 32.0 Å². The van der Waals surface area contributed by atoms with E-state index in [4.69, 9.17) is 4.74 Å². The number of nitrogens with zero attached hydrogens (tertiary/aromatic N) is 4. The summed E-state index contributed by atoms with van der Waals surface area (Å²) in [6.45, 7) is 4.03. The van der Waals surface area contributed by atoms with Crippen LogP contribution < -0.4 is 15.0 Å². The molecule has 0 radical (unpaired) electrons. The van der Waals surface area contributed by atoms with Gasteiger partial charge in [0.15, 0.2) is 5.82 Å². The first-order valence-corrected chi connectivity index (χ1v) is 13.4. The van der Waals surface area contributed by atoms with Gasteiger partial charge in [-0.3, -0.25) is 14.1 Å². The van der Waals surface area contributed by atoms with Crippen molar-refractivity contribution in [3.05, 3.63) is 99.3 Å². The van der Waals surface area contributed by atoms with E-state index in [2.05, 4.69) is 14.9 Å². The molecule has 1 aliphatic rings. The number of halogens is 1. The SMILES string of the molecule is COc1cc(-c2cc(C)cc(C)c2)c(F)cc1-n1c2c(ccc1=O)CN(S(=O)(=O)Nc1cccnn1)CC2. The maximum absolute atomic E-state index is 15.5. The predicted molar refractivity (Wildman–Crippen MR) is 142 cm³/mol. The molecule has 0 saturated heterocycles. The first-order valence-electron chi connectivity index (χ1n) is 11.9. The van der Waals surface area contributed by atoms with Crippen molar-refractivity contribution in [1.29, 1.82) is 0 Å². The van der Waals surface area contributed by atoms with Gasteiger partial charge in [0.1, 0.15) is 11.6 Å². The van der Waals surface area contributed by atoms with E-state index in [-0.39, 0.29) is 36.6 Å². The van der Waals surface area contributed by atoms with E-state index < -0.39 is 16.0 Å². The van der Waals surface area contributed by atoms with Crippen LogP contribution in [0.4, 0.5) is 10.2 Å². The van der Waals surface area contributed by atoms with E-state index >= 15 is 4.39 Å². The number of aromatic nitrogens is 3. The molecular weight excluding hydrogens is 509 g/mol. The summed E-state index contributed by atoms with van der Waals surface area (Å²) in [5.41, 5.74) is 4.20. The number of benzene rings is 2. The van der Waals surface area contributed by atoms with Crippen molar-refractivity contribution in [1.82, 2.24) is 19.1 Å². The molecule has 3 heterocycles. The van der Waals surface area contributed by atoms with Crippen molar-refractivity contribution in [2.24, 2.45) is 0 Å². The molecule has 0 aliphatic carbocycles. The van der Waals surface area contributed by atoms with Crippen molar-refractivity contribution in [2.45, 2.75) is 26.8 Å². The van der Waals surface area contributed by atoms with Crippen LogP contribution in [0.3, 0.4) is 0 Å². The molecule has 0 atom stereocenters. The Balaban J connectivity index is 1.54. The fraction of sp³-hybridized carbons (Fsp3) is 0.222. The zero-order chi connectivity index (χ0) is 27.0. The van der Waals surface area contributed by atoms with Gasteiger partial charge in [-0.2, -0.15) is 17.8 Å². The van der Waals surface area contributed by atoms with E-state index in [9.17, 15) is 13.2 Å². The van der Waals surface area contributed by atoms with Gasteiger partial charge in [0.05, 0.1) is 12.8 Å². The Morgan fingerprint density at radius 1 is 1.05 bits per heavy atom. The summed E-state index contributed by atoms with van der Waals surface area (Å²) in [4.78, 5) is 13.1. The fourth-order valence-electron chi connectivity index (χ4n) is 4.79. The van der Waals surface area contributed by atoms with Crippen LogP contribution in [-0.4, -0.2) is 41.1 Å². The van der Waals surface area contributed by atoms with Crippen LogP contribution in [0.15, 0.2) is 65.6 Å². The van der Waals surface area contributed by atoms with Gasteiger partial charge in [0.25, 0.3) is 5.56 Å². The summed E-state index contributed by atoms with van der Waals surface area (Å²) in [5.74, 6) is -0.0636. The van der Waals surface area contributed by atoms with E-state index in [1.54, 1.807) is 18.2 Å². The first kappa shape index (κ1) is 25.6. The van der Waals surface area contributed by atoms with E-state index in [0.717, 1.165) is 11.1 Å². The molecule has 0 saturated carbocycles. The lowest BCUT2D eigenvalue weighted by atomic mass is 9.99. The normalized spacial score (nSPS) is 13.7. The Hall–Kier alpha value is -4.09. The molecule has 196 valence electrons. The molecule has 1 aliphatic heterocycles. The molecule has 0 fully saturated rings. The van der Waals surface area contributed by atoms with E-state index in [0.29, 0.717) is 28.1 Å². The summed E-state index contributed by atoms with van der Waals surface area (Å²) < 4.78 is 52.1. The van der Waals surface area contributed by atoms with Crippen LogP contribution in [0.5, 0.6) is 5.75 Å². The highest BCUT2D eigenvalue weighted by Crippen LogP contribution is 2.34. The summed E-state index contributed by atoms with van der Waals surface area (Å²) in [5, 5.41) is 7.46. The van der Waals surface area contributed by atoms with Crippen molar-refractivity contribution < 1.29 is 17.5 Å². The summed E-state index contributed by atoms with van der Waals surface area (Å²) in [6.07, 6.45) is 1.68. The Morgan fingerprint density at radius 3 is 2.50 bits per heavy atom. The second kappa shape index (κ2) is 9.99. The highest BCUT2D eigenvalue weighted by molar-refractivity contribution is 7.90. The second-order valence-corrected chi connectivity index (χ2v) is 10.8. The fourth-order valence-corrected chi connectivity index (χ4v) is 5.93. The lowest BCUT2D eigenvalue weighted by Crippen LogP contribution is -2.41.